The van der Waals surface area contributed by atoms with Crippen molar-refractivity contribution in [1.29, 1.82) is 0 Å². The van der Waals surface area contributed by atoms with Crippen LogP contribution >= 0.6 is 22.9 Å². The Morgan fingerprint density at radius 3 is 2.71 bits per heavy atom. The fourth-order valence-electron chi connectivity index (χ4n) is 1.22. The second kappa shape index (κ2) is 6.44. The zero-order valence-electron chi connectivity index (χ0n) is 8.85. The van der Waals surface area contributed by atoms with Crippen molar-refractivity contribution in [3.63, 3.8) is 0 Å². The van der Waals surface area contributed by atoms with Gasteiger partial charge >= 0.3 is 0 Å². The fraction of sp³-hybridized carbons (Fsp3) is 0.636. The van der Waals surface area contributed by atoms with E-state index in [9.17, 15) is 0 Å². The quantitative estimate of drug-likeness (QED) is 0.585. The van der Waals surface area contributed by atoms with Crippen LogP contribution in [0.15, 0.2) is 12.1 Å². The van der Waals surface area contributed by atoms with E-state index in [-0.39, 0.29) is 5.38 Å². The van der Waals surface area contributed by atoms with E-state index >= 15 is 0 Å². The molecule has 1 rings (SSSR count). The largest absolute Gasteiger partial charge is 0.312 e. The molecule has 0 radical (unpaired) electrons. The number of rotatable bonds is 6. The zero-order valence-corrected chi connectivity index (χ0v) is 10.4. The summed E-state index contributed by atoms with van der Waals surface area (Å²) < 4.78 is 0. The minimum Gasteiger partial charge on any atom is -0.312 e. The summed E-state index contributed by atoms with van der Waals surface area (Å²) in [6, 6.07) is 4.42. The lowest BCUT2D eigenvalue weighted by Gasteiger charge is -2.03. The highest BCUT2D eigenvalue weighted by molar-refractivity contribution is 7.11. The van der Waals surface area contributed by atoms with Gasteiger partial charge in [-0.3, -0.25) is 0 Å². The Morgan fingerprint density at radius 1 is 1.43 bits per heavy atom. The van der Waals surface area contributed by atoms with E-state index in [1.807, 2.05) is 18.3 Å². The summed E-state index contributed by atoms with van der Waals surface area (Å²) in [6.07, 6.45) is 2.18. The van der Waals surface area contributed by atoms with Gasteiger partial charge in [-0.25, -0.2) is 0 Å². The first kappa shape index (κ1) is 12.0. The van der Waals surface area contributed by atoms with Gasteiger partial charge in [-0.05, 0) is 38.4 Å². The maximum Gasteiger partial charge on any atom is 0.0319 e. The van der Waals surface area contributed by atoms with Crippen molar-refractivity contribution in [3.8, 4) is 0 Å². The third-order valence-corrected chi connectivity index (χ3v) is 3.53. The van der Waals surface area contributed by atoms with E-state index in [0.717, 1.165) is 25.9 Å². The van der Waals surface area contributed by atoms with Gasteiger partial charge in [0.1, 0.15) is 0 Å². The van der Waals surface area contributed by atoms with Crippen LogP contribution in [0.1, 0.15) is 30.0 Å². The molecule has 0 bridgehead atoms. The van der Waals surface area contributed by atoms with Crippen LogP contribution in [0.3, 0.4) is 0 Å². The number of hydrogen-bond donors (Lipinski definition) is 1. The SMILES string of the molecule is CCc1ccc(CNCCC(C)Cl)s1. The number of halogens is 1. The number of aryl methyl sites for hydroxylation is 1. The topological polar surface area (TPSA) is 12.0 Å². The molecule has 0 aliphatic rings. The Bertz CT molecular complexity index is 258. The number of nitrogens with one attached hydrogen (secondary N) is 1. The normalized spacial score (nSPS) is 13.1. The van der Waals surface area contributed by atoms with Crippen LogP contribution in [-0.4, -0.2) is 11.9 Å². The van der Waals surface area contributed by atoms with E-state index in [2.05, 4.69) is 24.4 Å². The Hall–Kier alpha value is -0.0500. The lowest BCUT2D eigenvalue weighted by atomic mass is 10.3. The molecule has 0 fully saturated rings. The number of alkyl halides is 1. The first-order chi connectivity index (χ1) is 6.72. The van der Waals surface area contributed by atoms with Crippen LogP contribution in [0, 0.1) is 0 Å². The van der Waals surface area contributed by atoms with Gasteiger partial charge in [0.2, 0.25) is 0 Å². The van der Waals surface area contributed by atoms with Crippen LogP contribution in [0.25, 0.3) is 0 Å². The van der Waals surface area contributed by atoms with Crippen LogP contribution < -0.4 is 5.32 Å². The van der Waals surface area contributed by atoms with Crippen LogP contribution in [0.4, 0.5) is 0 Å². The predicted molar refractivity (Wildman–Crippen MR) is 65.3 cm³/mol. The summed E-state index contributed by atoms with van der Waals surface area (Å²) in [5, 5.41) is 3.67. The average molecular weight is 232 g/mol. The van der Waals surface area contributed by atoms with Crippen molar-refractivity contribution < 1.29 is 0 Å². The van der Waals surface area contributed by atoms with Gasteiger partial charge in [-0.2, -0.15) is 0 Å². The summed E-state index contributed by atoms with van der Waals surface area (Å²) in [5.74, 6) is 0. The minimum atomic E-state index is 0.275. The highest BCUT2D eigenvalue weighted by atomic mass is 35.5. The lowest BCUT2D eigenvalue weighted by molar-refractivity contribution is 0.649. The molecule has 1 atom stereocenters. The van der Waals surface area contributed by atoms with Gasteiger partial charge in [0, 0.05) is 21.7 Å². The summed E-state index contributed by atoms with van der Waals surface area (Å²) >= 11 is 7.74. The highest BCUT2D eigenvalue weighted by Gasteiger charge is 1.99. The molecule has 0 saturated carbocycles. The molecule has 1 heterocycles. The third-order valence-electron chi connectivity index (χ3n) is 2.08. The summed E-state index contributed by atoms with van der Waals surface area (Å²) in [5.41, 5.74) is 0. The van der Waals surface area contributed by atoms with Crippen LogP contribution in [0.2, 0.25) is 0 Å². The maximum absolute atomic E-state index is 5.85. The molecular formula is C11H18ClNS. The molecule has 0 aromatic carbocycles. The van der Waals surface area contributed by atoms with Crippen molar-refractivity contribution in [2.45, 2.75) is 38.6 Å². The third kappa shape index (κ3) is 4.45. The second-order valence-corrected chi connectivity index (χ2v) is 5.47. The van der Waals surface area contributed by atoms with Crippen molar-refractivity contribution >= 4 is 22.9 Å². The van der Waals surface area contributed by atoms with Gasteiger partial charge in [0.05, 0.1) is 0 Å². The number of thiophene rings is 1. The molecule has 0 amide bonds. The smallest absolute Gasteiger partial charge is 0.0319 e. The molecule has 1 N–H and O–H groups in total. The molecule has 0 aliphatic carbocycles. The molecule has 1 aromatic rings. The second-order valence-electron chi connectivity index (χ2n) is 3.47. The van der Waals surface area contributed by atoms with Gasteiger partial charge < -0.3 is 5.32 Å². The van der Waals surface area contributed by atoms with Crippen molar-refractivity contribution in [2.24, 2.45) is 0 Å². The van der Waals surface area contributed by atoms with Crippen LogP contribution in [0.5, 0.6) is 0 Å². The molecule has 0 spiro atoms. The van der Waals surface area contributed by atoms with E-state index in [0.29, 0.717) is 0 Å². The van der Waals surface area contributed by atoms with Gasteiger partial charge in [-0.15, -0.1) is 22.9 Å². The van der Waals surface area contributed by atoms with E-state index in [4.69, 9.17) is 11.6 Å². The van der Waals surface area contributed by atoms with Crippen molar-refractivity contribution in [1.82, 2.24) is 5.32 Å². The Balaban J connectivity index is 2.18. The Labute approximate surface area is 95.5 Å². The molecule has 80 valence electrons. The summed E-state index contributed by atoms with van der Waals surface area (Å²) in [6.45, 7) is 6.21. The lowest BCUT2D eigenvalue weighted by Crippen LogP contribution is -2.16. The molecule has 14 heavy (non-hydrogen) atoms. The first-order valence-electron chi connectivity index (χ1n) is 5.14. The summed E-state index contributed by atoms with van der Waals surface area (Å²) in [7, 11) is 0. The minimum absolute atomic E-state index is 0.275. The van der Waals surface area contributed by atoms with Gasteiger partial charge in [0.15, 0.2) is 0 Å². The highest BCUT2D eigenvalue weighted by Crippen LogP contribution is 2.16. The maximum atomic E-state index is 5.85. The molecule has 0 aliphatic heterocycles. The molecule has 1 unspecified atom stereocenters. The first-order valence-corrected chi connectivity index (χ1v) is 6.40. The zero-order chi connectivity index (χ0) is 10.4. The average Bonchev–Trinajstić information content (AvgIpc) is 2.60. The van der Waals surface area contributed by atoms with E-state index in [1.165, 1.54) is 9.75 Å². The van der Waals surface area contributed by atoms with Crippen molar-refractivity contribution in [3.05, 3.63) is 21.9 Å². The molecule has 1 nitrogen and oxygen atoms in total. The van der Waals surface area contributed by atoms with E-state index < -0.39 is 0 Å². The Kier molecular flexibility index (Phi) is 5.53. The molecule has 0 saturated heterocycles. The standard InChI is InChI=1S/C11H18ClNS/c1-3-10-4-5-11(14-10)8-13-7-6-9(2)12/h4-5,9,13H,3,6-8H2,1-2H3. The van der Waals surface area contributed by atoms with Crippen molar-refractivity contribution in [2.75, 3.05) is 6.54 Å². The predicted octanol–water partition coefficient (Wildman–Crippen LogP) is 3.42. The molecule has 3 heteroatoms. The fourth-order valence-corrected chi connectivity index (χ4v) is 2.26. The Morgan fingerprint density at radius 2 is 2.14 bits per heavy atom. The monoisotopic (exact) mass is 231 g/mol. The summed E-state index contributed by atoms with van der Waals surface area (Å²) in [4.78, 5) is 2.89. The van der Waals surface area contributed by atoms with Crippen LogP contribution in [-0.2, 0) is 13.0 Å². The van der Waals surface area contributed by atoms with E-state index in [1.54, 1.807) is 0 Å². The van der Waals surface area contributed by atoms with Gasteiger partial charge in [-0.1, -0.05) is 6.92 Å². The van der Waals surface area contributed by atoms with Gasteiger partial charge in [0.25, 0.3) is 0 Å². The molecular weight excluding hydrogens is 214 g/mol. The molecule has 1 aromatic heterocycles. The number of hydrogen-bond acceptors (Lipinski definition) is 2.